The number of amides is 1. The first-order valence-electron chi connectivity index (χ1n) is 4.69. The van der Waals surface area contributed by atoms with Crippen LogP contribution in [0.5, 0.6) is 0 Å². The summed E-state index contributed by atoms with van der Waals surface area (Å²) in [7, 11) is 1.58. The van der Waals surface area contributed by atoms with Crippen LogP contribution in [0.1, 0.15) is 12.0 Å². The molecule has 0 aromatic heterocycles. The Morgan fingerprint density at radius 2 is 2.27 bits per heavy atom. The molecular weight excluding hydrogens is 258 g/mol. The molecule has 1 amide bonds. The number of hydrogen-bond acceptors (Lipinski definition) is 2. The van der Waals surface area contributed by atoms with Gasteiger partial charge in [0.25, 0.3) is 0 Å². The number of benzene rings is 1. The predicted molar refractivity (Wildman–Crippen MR) is 64.0 cm³/mol. The van der Waals surface area contributed by atoms with Crippen molar-refractivity contribution in [1.29, 1.82) is 0 Å². The van der Waals surface area contributed by atoms with E-state index in [1.54, 1.807) is 7.11 Å². The van der Waals surface area contributed by atoms with Gasteiger partial charge in [-0.1, -0.05) is 12.1 Å². The van der Waals surface area contributed by atoms with Crippen LogP contribution in [0.3, 0.4) is 0 Å². The van der Waals surface area contributed by atoms with Crippen molar-refractivity contribution >= 4 is 27.5 Å². The van der Waals surface area contributed by atoms with E-state index < -0.39 is 0 Å². The van der Waals surface area contributed by atoms with Gasteiger partial charge in [-0.2, -0.15) is 0 Å². The van der Waals surface area contributed by atoms with Crippen molar-refractivity contribution in [2.75, 3.05) is 19.0 Å². The summed E-state index contributed by atoms with van der Waals surface area (Å²) in [6.45, 7) is 2.42. The van der Waals surface area contributed by atoms with Gasteiger partial charge in [0.2, 0.25) is 5.91 Å². The van der Waals surface area contributed by atoms with Gasteiger partial charge in [0.1, 0.15) is 0 Å². The van der Waals surface area contributed by atoms with Gasteiger partial charge in [0.05, 0.1) is 18.7 Å². The zero-order valence-corrected chi connectivity index (χ0v) is 10.4. The summed E-state index contributed by atoms with van der Waals surface area (Å²) in [6.07, 6.45) is 0.372. The number of methoxy groups -OCH3 is 1. The highest BCUT2D eigenvalue weighted by Gasteiger charge is 2.06. The van der Waals surface area contributed by atoms with Crippen molar-refractivity contribution in [3.05, 3.63) is 28.2 Å². The molecule has 1 aromatic rings. The number of hydrogen-bond donors (Lipinski definition) is 1. The van der Waals surface area contributed by atoms with E-state index in [0.29, 0.717) is 13.0 Å². The summed E-state index contributed by atoms with van der Waals surface area (Å²) in [5, 5.41) is 2.82. The Hall–Kier alpha value is -0.870. The monoisotopic (exact) mass is 271 g/mol. The minimum Gasteiger partial charge on any atom is -0.384 e. The van der Waals surface area contributed by atoms with Crippen LogP contribution in [0.15, 0.2) is 22.7 Å². The van der Waals surface area contributed by atoms with E-state index in [1.165, 1.54) is 0 Å². The Bertz CT molecular complexity index is 352. The van der Waals surface area contributed by atoms with Crippen LogP contribution < -0.4 is 5.32 Å². The SMILES string of the molecule is COCCC(=O)Nc1cccc(C)c1Br. The Kier molecular flexibility index (Phi) is 4.78. The molecule has 0 radical (unpaired) electrons. The van der Waals surface area contributed by atoms with E-state index >= 15 is 0 Å². The second-order valence-corrected chi connectivity index (χ2v) is 4.02. The number of carbonyl (C=O) groups excluding carboxylic acids is 1. The van der Waals surface area contributed by atoms with Crippen LogP contribution in [-0.4, -0.2) is 19.6 Å². The lowest BCUT2D eigenvalue weighted by molar-refractivity contribution is -0.117. The average Bonchev–Trinajstić information content (AvgIpc) is 2.22. The van der Waals surface area contributed by atoms with Crippen LogP contribution in [0.25, 0.3) is 0 Å². The molecule has 0 bridgehead atoms. The van der Waals surface area contributed by atoms with Gasteiger partial charge in [-0.25, -0.2) is 0 Å². The standard InChI is InChI=1S/C11H14BrNO2/c1-8-4-3-5-9(11(8)12)13-10(14)6-7-15-2/h3-5H,6-7H2,1-2H3,(H,13,14). The molecule has 3 nitrogen and oxygen atoms in total. The summed E-state index contributed by atoms with van der Waals surface area (Å²) < 4.78 is 5.76. The molecule has 1 rings (SSSR count). The summed E-state index contributed by atoms with van der Waals surface area (Å²) in [5.74, 6) is -0.0387. The maximum absolute atomic E-state index is 11.4. The second-order valence-electron chi connectivity index (χ2n) is 3.23. The average molecular weight is 272 g/mol. The molecule has 0 heterocycles. The highest BCUT2D eigenvalue weighted by atomic mass is 79.9. The van der Waals surface area contributed by atoms with Gasteiger partial charge in [-0.3, -0.25) is 4.79 Å². The Balaban J connectivity index is 2.64. The van der Waals surface area contributed by atoms with Crippen molar-refractivity contribution in [3.8, 4) is 0 Å². The molecule has 1 aromatic carbocycles. The highest BCUT2D eigenvalue weighted by Crippen LogP contribution is 2.25. The summed E-state index contributed by atoms with van der Waals surface area (Å²) in [5.41, 5.74) is 1.90. The lowest BCUT2D eigenvalue weighted by Gasteiger charge is -2.08. The summed E-state index contributed by atoms with van der Waals surface area (Å²) in [4.78, 5) is 11.4. The van der Waals surface area contributed by atoms with Gasteiger partial charge in [0, 0.05) is 11.6 Å². The number of nitrogens with one attached hydrogen (secondary N) is 1. The molecule has 4 heteroatoms. The minimum atomic E-state index is -0.0387. The zero-order chi connectivity index (χ0) is 11.3. The topological polar surface area (TPSA) is 38.3 Å². The smallest absolute Gasteiger partial charge is 0.226 e. The fraction of sp³-hybridized carbons (Fsp3) is 0.364. The molecule has 0 saturated carbocycles. The maximum Gasteiger partial charge on any atom is 0.226 e. The molecule has 15 heavy (non-hydrogen) atoms. The fourth-order valence-electron chi connectivity index (χ4n) is 1.15. The Labute approximate surface area is 97.9 Å². The number of anilines is 1. The van der Waals surface area contributed by atoms with E-state index in [4.69, 9.17) is 4.74 Å². The quantitative estimate of drug-likeness (QED) is 0.915. The van der Waals surface area contributed by atoms with E-state index in [2.05, 4.69) is 21.2 Å². The van der Waals surface area contributed by atoms with Crippen molar-refractivity contribution in [1.82, 2.24) is 0 Å². The molecule has 0 aliphatic carbocycles. The van der Waals surface area contributed by atoms with Crippen LogP contribution in [0.4, 0.5) is 5.69 Å². The largest absolute Gasteiger partial charge is 0.384 e. The number of aryl methyl sites for hydroxylation is 1. The molecule has 0 fully saturated rings. The van der Waals surface area contributed by atoms with Crippen LogP contribution in [0.2, 0.25) is 0 Å². The van der Waals surface area contributed by atoms with Gasteiger partial charge >= 0.3 is 0 Å². The molecule has 0 aliphatic heterocycles. The van der Waals surface area contributed by atoms with Crippen LogP contribution in [0, 0.1) is 6.92 Å². The van der Waals surface area contributed by atoms with E-state index in [1.807, 2.05) is 25.1 Å². The molecule has 0 atom stereocenters. The van der Waals surface area contributed by atoms with Gasteiger partial charge < -0.3 is 10.1 Å². The van der Waals surface area contributed by atoms with Crippen LogP contribution in [-0.2, 0) is 9.53 Å². The summed E-state index contributed by atoms with van der Waals surface area (Å²) >= 11 is 3.43. The molecule has 0 aliphatic rings. The molecule has 82 valence electrons. The van der Waals surface area contributed by atoms with E-state index in [0.717, 1.165) is 15.7 Å². The normalized spacial score (nSPS) is 10.1. The third-order valence-electron chi connectivity index (χ3n) is 2.00. The van der Waals surface area contributed by atoms with Crippen LogP contribution >= 0.6 is 15.9 Å². The number of ether oxygens (including phenoxy) is 1. The molecule has 1 N–H and O–H groups in total. The number of rotatable bonds is 4. The van der Waals surface area contributed by atoms with Crippen molar-refractivity contribution in [3.63, 3.8) is 0 Å². The van der Waals surface area contributed by atoms with E-state index in [9.17, 15) is 4.79 Å². The Morgan fingerprint density at radius 3 is 2.93 bits per heavy atom. The van der Waals surface area contributed by atoms with Gasteiger partial charge in [-0.05, 0) is 34.5 Å². The molecule has 0 spiro atoms. The number of carbonyl (C=O) groups is 1. The first-order valence-corrected chi connectivity index (χ1v) is 5.48. The third kappa shape index (κ3) is 3.64. The molecular formula is C11H14BrNO2. The van der Waals surface area contributed by atoms with Gasteiger partial charge in [0.15, 0.2) is 0 Å². The van der Waals surface area contributed by atoms with Crippen molar-refractivity contribution in [2.45, 2.75) is 13.3 Å². The summed E-state index contributed by atoms with van der Waals surface area (Å²) in [6, 6.07) is 5.75. The zero-order valence-electron chi connectivity index (χ0n) is 8.84. The van der Waals surface area contributed by atoms with E-state index in [-0.39, 0.29) is 5.91 Å². The second kappa shape index (κ2) is 5.88. The number of halogens is 1. The van der Waals surface area contributed by atoms with Crippen molar-refractivity contribution < 1.29 is 9.53 Å². The first kappa shape index (κ1) is 12.2. The first-order chi connectivity index (χ1) is 7.15. The third-order valence-corrected chi connectivity index (χ3v) is 3.05. The lowest BCUT2D eigenvalue weighted by atomic mass is 10.2. The molecule has 0 unspecified atom stereocenters. The Morgan fingerprint density at radius 1 is 1.53 bits per heavy atom. The van der Waals surface area contributed by atoms with Crippen molar-refractivity contribution in [2.24, 2.45) is 0 Å². The fourth-order valence-corrected chi connectivity index (χ4v) is 1.51. The lowest BCUT2D eigenvalue weighted by Crippen LogP contribution is -2.14. The maximum atomic E-state index is 11.4. The van der Waals surface area contributed by atoms with Gasteiger partial charge in [-0.15, -0.1) is 0 Å². The molecule has 0 saturated heterocycles. The highest BCUT2D eigenvalue weighted by molar-refractivity contribution is 9.10. The minimum absolute atomic E-state index is 0.0387. The predicted octanol–water partition coefficient (Wildman–Crippen LogP) is 2.73.